The SMILES string of the molecule is CCC(CC(=O)OC)NC(=O)C(C)C. The van der Waals surface area contributed by atoms with Crippen molar-refractivity contribution >= 4 is 11.9 Å². The molecule has 1 unspecified atom stereocenters. The number of methoxy groups -OCH3 is 1. The van der Waals surface area contributed by atoms with Crippen LogP contribution in [0.1, 0.15) is 33.6 Å². The van der Waals surface area contributed by atoms with Crippen molar-refractivity contribution < 1.29 is 14.3 Å². The molecule has 1 N–H and O–H groups in total. The van der Waals surface area contributed by atoms with E-state index in [4.69, 9.17) is 0 Å². The number of hydrogen-bond donors (Lipinski definition) is 1. The summed E-state index contributed by atoms with van der Waals surface area (Å²) in [6, 6.07) is -0.114. The molecule has 0 aromatic heterocycles. The van der Waals surface area contributed by atoms with Gasteiger partial charge in [-0.25, -0.2) is 0 Å². The largest absolute Gasteiger partial charge is 0.469 e. The molecule has 0 saturated heterocycles. The summed E-state index contributed by atoms with van der Waals surface area (Å²) in [6.45, 7) is 5.56. The highest BCUT2D eigenvalue weighted by atomic mass is 16.5. The number of amides is 1. The van der Waals surface area contributed by atoms with Crippen LogP contribution in [0.3, 0.4) is 0 Å². The fraction of sp³-hybridized carbons (Fsp3) is 0.800. The number of hydrogen-bond acceptors (Lipinski definition) is 3. The quantitative estimate of drug-likeness (QED) is 0.678. The van der Waals surface area contributed by atoms with E-state index in [9.17, 15) is 9.59 Å². The summed E-state index contributed by atoms with van der Waals surface area (Å²) < 4.78 is 4.53. The van der Waals surface area contributed by atoms with E-state index in [1.807, 2.05) is 20.8 Å². The van der Waals surface area contributed by atoms with Crippen LogP contribution >= 0.6 is 0 Å². The van der Waals surface area contributed by atoms with Gasteiger partial charge in [0, 0.05) is 12.0 Å². The summed E-state index contributed by atoms with van der Waals surface area (Å²) in [5.74, 6) is -0.372. The Morgan fingerprint density at radius 3 is 2.29 bits per heavy atom. The zero-order chi connectivity index (χ0) is 11.1. The zero-order valence-electron chi connectivity index (χ0n) is 9.29. The summed E-state index contributed by atoms with van der Waals surface area (Å²) in [6.07, 6.45) is 0.971. The lowest BCUT2D eigenvalue weighted by molar-refractivity contribution is -0.141. The average molecular weight is 201 g/mol. The van der Waals surface area contributed by atoms with Crippen LogP contribution in [0.15, 0.2) is 0 Å². The van der Waals surface area contributed by atoms with E-state index in [2.05, 4.69) is 10.1 Å². The summed E-state index contributed by atoms with van der Waals surface area (Å²) >= 11 is 0. The smallest absolute Gasteiger partial charge is 0.307 e. The van der Waals surface area contributed by atoms with Crippen molar-refractivity contribution in [2.45, 2.75) is 39.7 Å². The van der Waals surface area contributed by atoms with E-state index in [-0.39, 0.29) is 30.3 Å². The first kappa shape index (κ1) is 12.9. The fourth-order valence-corrected chi connectivity index (χ4v) is 0.950. The van der Waals surface area contributed by atoms with E-state index in [0.29, 0.717) is 0 Å². The number of esters is 1. The molecule has 0 heterocycles. The number of ether oxygens (including phenoxy) is 1. The van der Waals surface area contributed by atoms with Crippen LogP contribution in [-0.4, -0.2) is 25.0 Å². The van der Waals surface area contributed by atoms with Crippen molar-refractivity contribution in [3.63, 3.8) is 0 Å². The molecular weight excluding hydrogens is 182 g/mol. The van der Waals surface area contributed by atoms with Gasteiger partial charge in [0.1, 0.15) is 0 Å². The van der Waals surface area contributed by atoms with Crippen molar-refractivity contribution in [3.05, 3.63) is 0 Å². The molecule has 82 valence electrons. The molecule has 4 nitrogen and oxygen atoms in total. The van der Waals surface area contributed by atoms with E-state index in [0.717, 1.165) is 6.42 Å². The van der Waals surface area contributed by atoms with Gasteiger partial charge in [0.15, 0.2) is 0 Å². The second-order valence-electron chi connectivity index (χ2n) is 3.55. The molecule has 0 aliphatic rings. The van der Waals surface area contributed by atoms with Gasteiger partial charge in [-0.15, -0.1) is 0 Å². The maximum absolute atomic E-state index is 11.3. The highest BCUT2D eigenvalue weighted by molar-refractivity contribution is 5.79. The molecule has 0 aromatic rings. The molecule has 4 heteroatoms. The summed E-state index contributed by atoms with van der Waals surface area (Å²) in [5.41, 5.74) is 0. The van der Waals surface area contributed by atoms with Crippen LogP contribution in [0.25, 0.3) is 0 Å². The van der Waals surface area contributed by atoms with Gasteiger partial charge in [-0.3, -0.25) is 9.59 Å². The van der Waals surface area contributed by atoms with Crippen molar-refractivity contribution in [3.8, 4) is 0 Å². The Hall–Kier alpha value is -1.06. The van der Waals surface area contributed by atoms with E-state index in [1.165, 1.54) is 7.11 Å². The molecule has 0 aromatic carbocycles. The van der Waals surface area contributed by atoms with Crippen LogP contribution < -0.4 is 5.32 Å². The van der Waals surface area contributed by atoms with Crippen LogP contribution in [0.2, 0.25) is 0 Å². The van der Waals surface area contributed by atoms with Crippen LogP contribution in [-0.2, 0) is 14.3 Å². The minimum absolute atomic E-state index is 0.0271. The van der Waals surface area contributed by atoms with Gasteiger partial charge in [0.05, 0.1) is 13.5 Å². The highest BCUT2D eigenvalue weighted by Crippen LogP contribution is 2.01. The van der Waals surface area contributed by atoms with Gasteiger partial charge in [0.25, 0.3) is 0 Å². The third-order valence-corrected chi connectivity index (χ3v) is 2.00. The fourth-order valence-electron chi connectivity index (χ4n) is 0.950. The van der Waals surface area contributed by atoms with E-state index < -0.39 is 0 Å². The van der Waals surface area contributed by atoms with Gasteiger partial charge in [-0.2, -0.15) is 0 Å². The van der Waals surface area contributed by atoms with Gasteiger partial charge in [0.2, 0.25) is 5.91 Å². The molecule has 0 aliphatic heterocycles. The van der Waals surface area contributed by atoms with Gasteiger partial charge in [-0.1, -0.05) is 20.8 Å². The lowest BCUT2D eigenvalue weighted by Crippen LogP contribution is -2.38. The standard InChI is InChI=1S/C10H19NO3/c1-5-8(6-9(12)14-4)11-10(13)7(2)3/h7-8H,5-6H2,1-4H3,(H,11,13). The normalized spacial score (nSPS) is 12.4. The van der Waals surface area contributed by atoms with Crippen LogP contribution in [0, 0.1) is 5.92 Å². The first-order valence-corrected chi connectivity index (χ1v) is 4.88. The first-order valence-electron chi connectivity index (χ1n) is 4.88. The maximum Gasteiger partial charge on any atom is 0.307 e. The van der Waals surface area contributed by atoms with Gasteiger partial charge in [-0.05, 0) is 6.42 Å². The highest BCUT2D eigenvalue weighted by Gasteiger charge is 2.16. The summed E-state index contributed by atoms with van der Waals surface area (Å²) in [5, 5.41) is 2.79. The predicted molar refractivity (Wildman–Crippen MR) is 53.7 cm³/mol. The van der Waals surface area contributed by atoms with Crippen molar-refractivity contribution in [1.82, 2.24) is 5.32 Å². The topological polar surface area (TPSA) is 55.4 Å². The number of nitrogens with one attached hydrogen (secondary N) is 1. The minimum atomic E-state index is -0.291. The molecule has 14 heavy (non-hydrogen) atoms. The first-order chi connectivity index (χ1) is 6.51. The van der Waals surface area contributed by atoms with Crippen LogP contribution in [0.4, 0.5) is 0 Å². The Morgan fingerprint density at radius 1 is 1.36 bits per heavy atom. The minimum Gasteiger partial charge on any atom is -0.469 e. The lowest BCUT2D eigenvalue weighted by atomic mass is 10.1. The molecule has 1 amide bonds. The molecule has 0 rings (SSSR count). The molecule has 0 spiro atoms. The Balaban J connectivity index is 4.03. The average Bonchev–Trinajstić information content (AvgIpc) is 2.16. The Kier molecular flexibility index (Phi) is 5.92. The van der Waals surface area contributed by atoms with E-state index >= 15 is 0 Å². The third kappa shape index (κ3) is 4.84. The number of carbonyl (C=O) groups is 2. The van der Waals surface area contributed by atoms with Crippen molar-refractivity contribution in [1.29, 1.82) is 0 Å². The molecule has 0 aliphatic carbocycles. The van der Waals surface area contributed by atoms with Gasteiger partial charge < -0.3 is 10.1 Å². The lowest BCUT2D eigenvalue weighted by Gasteiger charge is -2.16. The monoisotopic (exact) mass is 201 g/mol. The Morgan fingerprint density at radius 2 is 1.93 bits per heavy atom. The van der Waals surface area contributed by atoms with Crippen LogP contribution in [0.5, 0.6) is 0 Å². The second kappa shape index (κ2) is 6.40. The van der Waals surface area contributed by atoms with Crippen molar-refractivity contribution in [2.75, 3.05) is 7.11 Å². The molecule has 0 fully saturated rings. The van der Waals surface area contributed by atoms with Gasteiger partial charge >= 0.3 is 5.97 Å². The number of carbonyl (C=O) groups excluding carboxylic acids is 2. The molecule has 0 radical (unpaired) electrons. The summed E-state index contributed by atoms with van der Waals surface area (Å²) in [7, 11) is 1.35. The zero-order valence-corrected chi connectivity index (χ0v) is 9.29. The predicted octanol–water partition coefficient (Wildman–Crippen LogP) is 1.10. The Labute approximate surface area is 85.0 Å². The Bertz CT molecular complexity index is 202. The maximum atomic E-state index is 11.3. The van der Waals surface area contributed by atoms with Crippen molar-refractivity contribution in [2.24, 2.45) is 5.92 Å². The molecule has 1 atom stereocenters. The second-order valence-corrected chi connectivity index (χ2v) is 3.55. The molecular formula is C10H19NO3. The number of rotatable bonds is 5. The van der Waals surface area contributed by atoms with E-state index in [1.54, 1.807) is 0 Å². The third-order valence-electron chi connectivity index (χ3n) is 2.00. The molecule has 0 saturated carbocycles. The summed E-state index contributed by atoms with van der Waals surface area (Å²) in [4.78, 5) is 22.3. The molecule has 0 bridgehead atoms.